The molecule has 2 N–H and O–H groups in total. The summed E-state index contributed by atoms with van der Waals surface area (Å²) in [5.74, 6) is 1.11. The summed E-state index contributed by atoms with van der Waals surface area (Å²) < 4.78 is 0. The van der Waals surface area contributed by atoms with Crippen molar-refractivity contribution in [1.29, 1.82) is 0 Å². The highest BCUT2D eigenvalue weighted by Gasteiger charge is 2.13. The molecule has 0 aliphatic carbocycles. The smallest absolute Gasteiger partial charge is 0.260 e. The largest absolute Gasteiger partial charge is 0.325 e. The van der Waals surface area contributed by atoms with Gasteiger partial charge in [-0.3, -0.25) is 9.59 Å². The molecule has 0 spiro atoms. The van der Waals surface area contributed by atoms with E-state index in [9.17, 15) is 9.59 Å². The summed E-state index contributed by atoms with van der Waals surface area (Å²) in [5, 5.41) is 6.00. The molecular formula is C22H18ClN3O2S2. The van der Waals surface area contributed by atoms with E-state index in [4.69, 9.17) is 11.6 Å². The summed E-state index contributed by atoms with van der Waals surface area (Å²) in [7, 11) is 0. The first-order chi connectivity index (χ1) is 14.5. The summed E-state index contributed by atoms with van der Waals surface area (Å²) in [6.07, 6.45) is 0. The van der Waals surface area contributed by atoms with E-state index in [1.807, 2.05) is 54.8 Å². The van der Waals surface area contributed by atoms with E-state index in [1.165, 1.54) is 23.1 Å². The topological polar surface area (TPSA) is 74.8 Å². The predicted octanol–water partition coefficient (Wildman–Crippen LogP) is 5.49. The van der Waals surface area contributed by atoms with Crippen LogP contribution in [0.5, 0.6) is 0 Å². The van der Waals surface area contributed by atoms with Crippen LogP contribution in [0.3, 0.4) is 0 Å². The van der Waals surface area contributed by atoms with Gasteiger partial charge in [-0.15, -0.1) is 23.1 Å². The summed E-state index contributed by atoms with van der Waals surface area (Å²) in [6.45, 7) is 1.91. The van der Waals surface area contributed by atoms with E-state index < -0.39 is 0 Å². The van der Waals surface area contributed by atoms with Gasteiger partial charge in [0.05, 0.1) is 16.9 Å². The Morgan fingerprint density at radius 2 is 2.03 bits per heavy atom. The van der Waals surface area contributed by atoms with E-state index in [0.29, 0.717) is 32.5 Å². The normalized spacial score (nSPS) is 11.0. The van der Waals surface area contributed by atoms with Crippen LogP contribution >= 0.6 is 34.7 Å². The molecule has 0 fully saturated rings. The lowest BCUT2D eigenvalue weighted by Gasteiger charge is -2.07. The molecule has 30 heavy (non-hydrogen) atoms. The van der Waals surface area contributed by atoms with E-state index in [1.54, 1.807) is 6.07 Å². The number of thiophene rings is 1. The quantitative estimate of drug-likeness (QED) is 0.403. The molecule has 1 amide bonds. The molecule has 0 saturated heterocycles. The fraction of sp³-hybridized carbons (Fsp3) is 0.136. The van der Waals surface area contributed by atoms with Gasteiger partial charge < -0.3 is 10.3 Å². The van der Waals surface area contributed by atoms with Gasteiger partial charge in [-0.2, -0.15) is 0 Å². The van der Waals surface area contributed by atoms with Crippen molar-refractivity contribution in [2.75, 3.05) is 11.1 Å². The number of hydrogen-bond acceptors (Lipinski definition) is 5. The third kappa shape index (κ3) is 4.59. The Hall–Kier alpha value is -2.61. The summed E-state index contributed by atoms with van der Waals surface area (Å²) in [6, 6.07) is 15.2. The minimum Gasteiger partial charge on any atom is -0.325 e. The molecule has 4 aromatic rings. The van der Waals surface area contributed by atoms with Gasteiger partial charge >= 0.3 is 0 Å². The number of rotatable bonds is 6. The number of H-pyrrole nitrogens is 1. The summed E-state index contributed by atoms with van der Waals surface area (Å²) >= 11 is 8.92. The van der Waals surface area contributed by atoms with Crippen molar-refractivity contribution in [1.82, 2.24) is 9.97 Å². The van der Waals surface area contributed by atoms with Crippen LogP contribution in [0.15, 0.2) is 58.7 Å². The van der Waals surface area contributed by atoms with Crippen LogP contribution in [0.4, 0.5) is 5.69 Å². The molecule has 0 aliphatic heterocycles. The van der Waals surface area contributed by atoms with Crippen LogP contribution in [-0.4, -0.2) is 21.6 Å². The number of aromatic nitrogens is 2. The Morgan fingerprint density at radius 3 is 2.80 bits per heavy atom. The van der Waals surface area contributed by atoms with Gasteiger partial charge in [0, 0.05) is 21.7 Å². The number of carbonyl (C=O) groups is 1. The molecule has 4 rings (SSSR count). The minimum atomic E-state index is -0.158. The zero-order valence-electron chi connectivity index (χ0n) is 16.1. The molecule has 2 aromatic carbocycles. The Balaban J connectivity index is 1.41. The number of aryl methyl sites for hydroxylation is 1. The third-order valence-corrected chi connectivity index (χ3v) is 6.73. The van der Waals surface area contributed by atoms with Gasteiger partial charge in [-0.05, 0) is 30.2 Å². The number of thioether (sulfide) groups is 1. The number of fused-ring (bicyclic) bond motifs is 1. The van der Waals surface area contributed by atoms with Crippen molar-refractivity contribution >= 4 is 56.5 Å². The first-order valence-electron chi connectivity index (χ1n) is 9.21. The number of nitrogens with one attached hydrogen (secondary N) is 2. The van der Waals surface area contributed by atoms with E-state index in [-0.39, 0.29) is 17.2 Å². The molecular weight excluding hydrogens is 438 g/mol. The van der Waals surface area contributed by atoms with E-state index >= 15 is 0 Å². The van der Waals surface area contributed by atoms with E-state index in [2.05, 4.69) is 15.3 Å². The van der Waals surface area contributed by atoms with Crippen LogP contribution in [0, 0.1) is 6.92 Å². The number of amides is 1. The molecule has 152 valence electrons. The molecule has 0 atom stereocenters. The molecule has 0 bridgehead atoms. The summed E-state index contributed by atoms with van der Waals surface area (Å²) in [4.78, 5) is 33.0. The van der Waals surface area contributed by atoms with Gasteiger partial charge in [0.25, 0.3) is 5.56 Å². The molecule has 2 heterocycles. The Labute approximate surface area is 186 Å². The molecule has 0 unspecified atom stereocenters. The van der Waals surface area contributed by atoms with Crippen molar-refractivity contribution in [3.05, 3.63) is 80.7 Å². The second kappa shape index (κ2) is 9.04. The van der Waals surface area contributed by atoms with Crippen LogP contribution in [-0.2, 0) is 10.5 Å². The Bertz CT molecular complexity index is 1270. The molecule has 0 saturated carbocycles. The van der Waals surface area contributed by atoms with Gasteiger partial charge in [-0.25, -0.2) is 4.98 Å². The molecule has 2 aromatic heterocycles. The van der Waals surface area contributed by atoms with Crippen molar-refractivity contribution in [3.8, 4) is 11.1 Å². The van der Waals surface area contributed by atoms with Crippen molar-refractivity contribution < 1.29 is 4.79 Å². The predicted molar refractivity (Wildman–Crippen MR) is 127 cm³/mol. The summed E-state index contributed by atoms with van der Waals surface area (Å²) in [5.41, 5.74) is 3.34. The first kappa shape index (κ1) is 20.7. The van der Waals surface area contributed by atoms with Gasteiger partial charge in [0.2, 0.25) is 5.91 Å². The Kier molecular flexibility index (Phi) is 6.22. The highest BCUT2D eigenvalue weighted by atomic mass is 35.5. The van der Waals surface area contributed by atoms with Crippen LogP contribution < -0.4 is 10.9 Å². The average molecular weight is 456 g/mol. The molecule has 5 nitrogen and oxygen atoms in total. The lowest BCUT2D eigenvalue weighted by Crippen LogP contribution is -2.15. The van der Waals surface area contributed by atoms with Gasteiger partial charge in [0.15, 0.2) is 0 Å². The number of hydrogen-bond donors (Lipinski definition) is 2. The van der Waals surface area contributed by atoms with Gasteiger partial charge in [0.1, 0.15) is 10.7 Å². The molecule has 0 aliphatic rings. The van der Waals surface area contributed by atoms with E-state index in [0.717, 1.165) is 16.7 Å². The zero-order valence-corrected chi connectivity index (χ0v) is 18.5. The average Bonchev–Trinajstić information content (AvgIpc) is 3.16. The minimum absolute atomic E-state index is 0.133. The highest BCUT2D eigenvalue weighted by molar-refractivity contribution is 7.99. The van der Waals surface area contributed by atoms with Crippen molar-refractivity contribution in [2.45, 2.75) is 12.7 Å². The number of nitrogens with zero attached hydrogens (tertiary/aromatic N) is 1. The number of carbonyl (C=O) groups excluding carboxylic acids is 1. The van der Waals surface area contributed by atoms with Crippen LogP contribution in [0.2, 0.25) is 5.02 Å². The molecule has 8 heteroatoms. The maximum absolute atomic E-state index is 12.7. The first-order valence-corrected chi connectivity index (χ1v) is 11.6. The lowest BCUT2D eigenvalue weighted by molar-refractivity contribution is -0.113. The number of anilines is 1. The maximum Gasteiger partial charge on any atom is 0.260 e. The zero-order chi connectivity index (χ0) is 21.1. The van der Waals surface area contributed by atoms with Crippen molar-refractivity contribution in [3.63, 3.8) is 0 Å². The SMILES string of the molecule is Cc1ccc(NC(=O)CSCc2nc3scc(-c4ccccc4)c3c(=O)[nH]2)cc1Cl. The fourth-order valence-corrected chi connectivity index (χ4v) is 4.84. The van der Waals surface area contributed by atoms with Crippen LogP contribution in [0.1, 0.15) is 11.4 Å². The highest BCUT2D eigenvalue weighted by Crippen LogP contribution is 2.30. The maximum atomic E-state index is 12.7. The number of halogens is 1. The fourth-order valence-electron chi connectivity index (χ4n) is 3.00. The lowest BCUT2D eigenvalue weighted by atomic mass is 10.1. The molecule has 0 radical (unpaired) electrons. The third-order valence-electron chi connectivity index (χ3n) is 4.51. The number of benzene rings is 2. The second-order valence-corrected chi connectivity index (χ2v) is 8.96. The standard InChI is InChI=1S/C22H18ClN3O2S2/c1-13-7-8-15(9-17(13)23)24-19(27)12-29-11-18-25-21(28)20-16(10-30-22(20)26-18)14-5-3-2-4-6-14/h2-10H,11-12H2,1H3,(H,24,27)(H,25,26,28). The Morgan fingerprint density at radius 1 is 1.23 bits per heavy atom. The monoisotopic (exact) mass is 455 g/mol. The van der Waals surface area contributed by atoms with Crippen LogP contribution in [0.25, 0.3) is 21.3 Å². The van der Waals surface area contributed by atoms with Crippen molar-refractivity contribution in [2.24, 2.45) is 0 Å². The van der Waals surface area contributed by atoms with Gasteiger partial charge in [-0.1, -0.05) is 48.0 Å². The number of aromatic amines is 1. The second-order valence-electron chi connectivity index (χ2n) is 6.71.